The Kier molecular flexibility index (Phi) is 6.11. The van der Waals surface area contributed by atoms with Crippen LogP contribution in [0.4, 0.5) is 0 Å². The predicted octanol–water partition coefficient (Wildman–Crippen LogP) is 3.93. The van der Waals surface area contributed by atoms with E-state index in [1.807, 2.05) is 67.6 Å². The highest BCUT2D eigenvalue weighted by Crippen LogP contribution is 2.30. The molecule has 1 aliphatic rings. The van der Waals surface area contributed by atoms with Crippen molar-refractivity contribution in [2.45, 2.75) is 13.0 Å². The van der Waals surface area contributed by atoms with Gasteiger partial charge in [0.25, 0.3) is 5.91 Å². The van der Waals surface area contributed by atoms with Crippen LogP contribution >= 0.6 is 11.8 Å². The number of hydrogen-bond donors (Lipinski definition) is 2. The monoisotopic (exact) mass is 419 g/mol. The molecule has 2 aromatic carbocycles. The molecule has 1 saturated heterocycles. The Balaban J connectivity index is 1.60. The number of carbonyl (C=O) groups is 1. The number of pyridine rings is 1. The normalized spacial score (nSPS) is 17.5. The third kappa shape index (κ3) is 4.37. The molecule has 6 nitrogen and oxygen atoms in total. The van der Waals surface area contributed by atoms with Crippen LogP contribution in [0.5, 0.6) is 5.75 Å². The number of benzene rings is 2. The summed E-state index contributed by atoms with van der Waals surface area (Å²) in [6.07, 6.45) is 3.54. The molecule has 0 spiro atoms. The molecule has 1 fully saturated rings. The van der Waals surface area contributed by atoms with Crippen LogP contribution in [0, 0.1) is 0 Å². The van der Waals surface area contributed by atoms with E-state index >= 15 is 0 Å². The highest BCUT2D eigenvalue weighted by molar-refractivity contribution is 8.18. The van der Waals surface area contributed by atoms with Crippen LogP contribution in [-0.2, 0) is 4.79 Å². The number of fused-ring (bicyclic) bond motifs is 1. The van der Waals surface area contributed by atoms with Crippen LogP contribution in [0.1, 0.15) is 24.1 Å². The molecule has 30 heavy (non-hydrogen) atoms. The Morgan fingerprint density at radius 2 is 2.07 bits per heavy atom. The molecule has 0 unspecified atom stereocenters. The largest absolute Gasteiger partial charge is 0.493 e. The number of hydrogen-bond acceptors (Lipinski definition) is 6. The van der Waals surface area contributed by atoms with Crippen molar-refractivity contribution < 1.29 is 14.6 Å². The number of aliphatic imine (C=N–C) groups is 1. The number of aromatic nitrogens is 1. The summed E-state index contributed by atoms with van der Waals surface area (Å²) in [4.78, 5) is 21.9. The Labute approximate surface area is 178 Å². The summed E-state index contributed by atoms with van der Waals surface area (Å²) >= 11 is 1.26. The van der Waals surface area contributed by atoms with Crippen molar-refractivity contribution in [1.29, 1.82) is 0 Å². The van der Waals surface area contributed by atoms with Crippen LogP contribution < -0.4 is 10.1 Å². The molecule has 4 rings (SSSR count). The molecule has 1 aliphatic heterocycles. The number of aliphatic hydroxyl groups excluding tert-OH is 1. The van der Waals surface area contributed by atoms with Crippen molar-refractivity contribution in [3.05, 3.63) is 76.8 Å². The minimum absolute atomic E-state index is 0.138. The maximum atomic E-state index is 12.4. The van der Waals surface area contributed by atoms with E-state index in [0.717, 1.165) is 27.8 Å². The number of nitrogens with zero attached hydrogens (tertiary/aromatic N) is 2. The summed E-state index contributed by atoms with van der Waals surface area (Å²) in [5.41, 5.74) is 2.60. The second kappa shape index (κ2) is 9.11. The van der Waals surface area contributed by atoms with Gasteiger partial charge in [-0.2, -0.15) is 0 Å². The summed E-state index contributed by atoms with van der Waals surface area (Å²) in [6.45, 7) is 2.37. The van der Waals surface area contributed by atoms with Gasteiger partial charge < -0.3 is 15.2 Å². The van der Waals surface area contributed by atoms with Gasteiger partial charge >= 0.3 is 0 Å². The molecule has 0 bridgehead atoms. The van der Waals surface area contributed by atoms with E-state index in [-0.39, 0.29) is 12.5 Å². The first-order valence-corrected chi connectivity index (χ1v) is 10.5. The number of aliphatic hydroxyl groups is 1. The molecule has 2 heterocycles. The molecule has 152 valence electrons. The topological polar surface area (TPSA) is 83.8 Å². The molecule has 1 aromatic heterocycles. The molecular weight excluding hydrogens is 398 g/mol. The fourth-order valence-electron chi connectivity index (χ4n) is 3.19. The first-order chi connectivity index (χ1) is 14.7. The molecule has 1 atom stereocenters. The average Bonchev–Trinajstić information content (AvgIpc) is 3.12. The number of amidine groups is 1. The predicted molar refractivity (Wildman–Crippen MR) is 120 cm³/mol. The Hall–Kier alpha value is -3.16. The fourth-order valence-corrected chi connectivity index (χ4v) is 4.06. The standard InChI is InChI=1S/C23H21N3O3S/c1-2-29-20-10-11-24-18-9-8-15(12-17(18)20)13-21-22(28)26-23(30-21)25-19(14-27)16-6-4-3-5-7-16/h3-13,19,27H,2,14H2,1H3,(H,25,26,28)/t19-/m0/s1. The highest BCUT2D eigenvalue weighted by Gasteiger charge is 2.25. The average molecular weight is 420 g/mol. The van der Waals surface area contributed by atoms with E-state index in [1.165, 1.54) is 11.8 Å². The Morgan fingerprint density at radius 3 is 2.83 bits per heavy atom. The summed E-state index contributed by atoms with van der Waals surface area (Å²) in [7, 11) is 0. The zero-order valence-electron chi connectivity index (χ0n) is 16.4. The molecule has 0 aliphatic carbocycles. The lowest BCUT2D eigenvalue weighted by Crippen LogP contribution is -2.21. The van der Waals surface area contributed by atoms with Gasteiger partial charge in [-0.1, -0.05) is 36.4 Å². The van der Waals surface area contributed by atoms with Gasteiger partial charge in [0.1, 0.15) is 11.8 Å². The first-order valence-electron chi connectivity index (χ1n) is 9.64. The van der Waals surface area contributed by atoms with Crippen molar-refractivity contribution in [2.75, 3.05) is 13.2 Å². The number of ether oxygens (including phenoxy) is 1. The molecule has 3 aromatic rings. The lowest BCUT2D eigenvalue weighted by molar-refractivity contribution is -0.115. The molecule has 7 heteroatoms. The SMILES string of the molecule is CCOc1ccnc2ccc(C=C3SC(=N[C@@H](CO)c4ccccc4)NC3=O)cc12. The zero-order chi connectivity index (χ0) is 20.9. The number of rotatable bonds is 6. The van der Waals surface area contributed by atoms with Gasteiger partial charge in [0.2, 0.25) is 0 Å². The van der Waals surface area contributed by atoms with Crippen LogP contribution in [0.25, 0.3) is 17.0 Å². The highest BCUT2D eigenvalue weighted by atomic mass is 32.2. The summed E-state index contributed by atoms with van der Waals surface area (Å²) in [6, 6.07) is 16.7. The van der Waals surface area contributed by atoms with Gasteiger partial charge in [-0.05, 0) is 54.1 Å². The number of thioether (sulfide) groups is 1. The third-order valence-corrected chi connectivity index (χ3v) is 5.53. The molecule has 1 amide bonds. The molecule has 0 saturated carbocycles. The molecular formula is C23H21N3O3S. The number of nitrogens with one attached hydrogen (secondary N) is 1. The van der Waals surface area contributed by atoms with Gasteiger partial charge in [-0.25, -0.2) is 0 Å². The number of carbonyl (C=O) groups excluding carboxylic acids is 1. The summed E-state index contributed by atoms with van der Waals surface area (Å²) in [5.74, 6) is 0.557. The number of amides is 1. The van der Waals surface area contributed by atoms with Crippen molar-refractivity contribution in [3.63, 3.8) is 0 Å². The van der Waals surface area contributed by atoms with Gasteiger partial charge in [0.15, 0.2) is 5.17 Å². The van der Waals surface area contributed by atoms with Crippen molar-refractivity contribution >= 4 is 39.8 Å². The van der Waals surface area contributed by atoms with Crippen LogP contribution in [0.3, 0.4) is 0 Å². The smallest absolute Gasteiger partial charge is 0.264 e. The Bertz CT molecular complexity index is 1130. The minimum Gasteiger partial charge on any atom is -0.493 e. The van der Waals surface area contributed by atoms with E-state index in [0.29, 0.717) is 16.7 Å². The van der Waals surface area contributed by atoms with E-state index in [9.17, 15) is 9.90 Å². The van der Waals surface area contributed by atoms with E-state index < -0.39 is 6.04 Å². The summed E-state index contributed by atoms with van der Waals surface area (Å²) in [5, 5.41) is 13.9. The van der Waals surface area contributed by atoms with E-state index in [1.54, 1.807) is 6.20 Å². The lowest BCUT2D eigenvalue weighted by atomic mass is 10.1. The first kappa shape index (κ1) is 20.1. The molecule has 2 N–H and O–H groups in total. The van der Waals surface area contributed by atoms with E-state index in [4.69, 9.17) is 4.74 Å². The zero-order valence-corrected chi connectivity index (χ0v) is 17.2. The van der Waals surface area contributed by atoms with E-state index in [2.05, 4.69) is 15.3 Å². The van der Waals surface area contributed by atoms with Crippen LogP contribution in [0.2, 0.25) is 0 Å². The quantitative estimate of drug-likeness (QED) is 0.592. The van der Waals surface area contributed by atoms with Gasteiger partial charge in [0, 0.05) is 11.6 Å². The van der Waals surface area contributed by atoms with Crippen molar-refractivity contribution in [1.82, 2.24) is 10.3 Å². The fraction of sp³-hybridized carbons (Fsp3) is 0.174. The van der Waals surface area contributed by atoms with Gasteiger partial charge in [-0.15, -0.1) is 0 Å². The second-order valence-corrected chi connectivity index (χ2v) is 7.66. The third-order valence-electron chi connectivity index (χ3n) is 4.60. The maximum Gasteiger partial charge on any atom is 0.264 e. The van der Waals surface area contributed by atoms with Gasteiger partial charge in [0.05, 0.1) is 23.6 Å². The minimum atomic E-state index is -0.422. The summed E-state index contributed by atoms with van der Waals surface area (Å²) < 4.78 is 5.69. The maximum absolute atomic E-state index is 12.4. The molecule has 0 radical (unpaired) electrons. The lowest BCUT2D eigenvalue weighted by Gasteiger charge is -2.10. The van der Waals surface area contributed by atoms with Gasteiger partial charge in [-0.3, -0.25) is 14.8 Å². The van der Waals surface area contributed by atoms with Crippen LogP contribution in [-0.4, -0.2) is 34.4 Å². The van der Waals surface area contributed by atoms with Crippen molar-refractivity contribution in [3.8, 4) is 5.75 Å². The van der Waals surface area contributed by atoms with Crippen molar-refractivity contribution in [2.24, 2.45) is 4.99 Å². The second-order valence-electron chi connectivity index (χ2n) is 6.63. The van der Waals surface area contributed by atoms with Crippen LogP contribution in [0.15, 0.2) is 70.7 Å². The Morgan fingerprint density at radius 1 is 1.23 bits per heavy atom.